The minimum Gasteiger partial charge on any atom is -0.468 e. The van der Waals surface area contributed by atoms with E-state index >= 15 is 0 Å². The fourth-order valence-corrected chi connectivity index (χ4v) is 8.32. The molecule has 2 heterocycles. The summed E-state index contributed by atoms with van der Waals surface area (Å²) in [5, 5.41) is 0.0100. The Morgan fingerprint density at radius 3 is 2.56 bits per heavy atom. The molecule has 1 aromatic rings. The van der Waals surface area contributed by atoms with Crippen LogP contribution in [0.25, 0.3) is 0 Å². The van der Waals surface area contributed by atoms with Gasteiger partial charge in [0.2, 0.25) is 5.91 Å². The lowest BCUT2D eigenvalue weighted by molar-refractivity contribution is -0.163. The lowest BCUT2D eigenvalue weighted by atomic mass is 9.51. The number of carbonyl (C=O) groups excluding carboxylic acids is 3. The van der Waals surface area contributed by atoms with E-state index in [1.807, 2.05) is 11.0 Å². The van der Waals surface area contributed by atoms with Crippen molar-refractivity contribution in [1.82, 2.24) is 4.90 Å². The zero-order chi connectivity index (χ0) is 26.4. The van der Waals surface area contributed by atoms with Crippen LogP contribution in [0.15, 0.2) is 24.3 Å². The van der Waals surface area contributed by atoms with Crippen LogP contribution in [0.5, 0.6) is 0 Å². The van der Waals surface area contributed by atoms with Gasteiger partial charge in [0, 0.05) is 42.5 Å². The Morgan fingerprint density at radius 1 is 1.22 bits per heavy atom. The van der Waals surface area contributed by atoms with Crippen molar-refractivity contribution in [2.24, 2.45) is 5.41 Å². The van der Waals surface area contributed by atoms with Crippen molar-refractivity contribution >= 4 is 26.0 Å². The molecule has 4 aliphatic rings. The number of methoxy groups -OCH3 is 1. The molecule has 2 aliphatic carbocycles. The highest BCUT2D eigenvalue weighted by Crippen LogP contribution is 2.65. The van der Waals surface area contributed by atoms with E-state index in [1.165, 1.54) is 7.11 Å². The number of fused-ring (bicyclic) bond motifs is 6. The fraction of sp³-hybridized carbons (Fsp3) is 0.621. The Kier molecular flexibility index (Phi) is 5.55. The van der Waals surface area contributed by atoms with Crippen molar-refractivity contribution < 1.29 is 23.5 Å². The van der Waals surface area contributed by atoms with Crippen molar-refractivity contribution in [1.29, 1.82) is 0 Å². The van der Waals surface area contributed by atoms with Crippen LogP contribution in [0.3, 0.4) is 0 Å². The molecular formula is C29H39NO5Si. The molecule has 0 aromatic heterocycles. The molecule has 194 valence electrons. The smallest absolute Gasteiger partial charge is 0.322 e. The number of esters is 1. The number of benzene rings is 1. The molecule has 36 heavy (non-hydrogen) atoms. The zero-order valence-electron chi connectivity index (χ0n) is 22.7. The average molecular weight is 510 g/mol. The van der Waals surface area contributed by atoms with Gasteiger partial charge in [-0.25, -0.2) is 0 Å². The Labute approximate surface area is 215 Å². The van der Waals surface area contributed by atoms with Crippen LogP contribution >= 0.6 is 0 Å². The number of rotatable bonds is 5. The molecule has 2 bridgehead atoms. The second-order valence-corrected chi connectivity index (χ2v) is 17.6. The highest BCUT2D eigenvalue weighted by molar-refractivity contribution is 6.74. The first-order valence-corrected chi connectivity index (χ1v) is 16.0. The molecule has 0 radical (unpaired) electrons. The van der Waals surface area contributed by atoms with Gasteiger partial charge in [-0.1, -0.05) is 52.0 Å². The number of ketones is 1. The summed E-state index contributed by atoms with van der Waals surface area (Å²) in [6.45, 7) is 18.1. The standard InChI is InChI=1S/C29H39NO5Si/c1-17-16-30-23-15-21(17)20-10-9-18-19(11-12-22(18)31)24(20)28(23,5)29(25(30)32,26(33)34-6)13-14-35-36(7,8)27(2,3)4/h9-10,21,23H,1,11-16H2,2-8H3/t21-,23-,28-,29-/m1/s1. The molecule has 2 aliphatic heterocycles. The number of ether oxygens (including phenoxy) is 1. The topological polar surface area (TPSA) is 72.9 Å². The van der Waals surface area contributed by atoms with Gasteiger partial charge < -0.3 is 14.1 Å². The monoisotopic (exact) mass is 509 g/mol. The third kappa shape index (κ3) is 3.02. The van der Waals surface area contributed by atoms with Gasteiger partial charge in [-0.15, -0.1) is 0 Å². The minimum absolute atomic E-state index is 0.0100. The van der Waals surface area contributed by atoms with Gasteiger partial charge in [-0.2, -0.15) is 0 Å². The maximum absolute atomic E-state index is 14.4. The third-order valence-corrected chi connectivity index (χ3v) is 14.8. The van der Waals surface area contributed by atoms with E-state index < -0.39 is 25.1 Å². The number of Topliss-reactive ketones (excluding diaryl/α,β-unsaturated/α-hetero) is 1. The van der Waals surface area contributed by atoms with Crippen LogP contribution in [0.2, 0.25) is 18.1 Å². The molecule has 0 N–H and O–H groups in total. The van der Waals surface area contributed by atoms with Crippen molar-refractivity contribution in [2.75, 3.05) is 20.3 Å². The number of hydrogen-bond donors (Lipinski definition) is 0. The van der Waals surface area contributed by atoms with Crippen LogP contribution < -0.4 is 0 Å². The summed E-state index contributed by atoms with van der Waals surface area (Å²) in [7, 11) is -0.734. The highest BCUT2D eigenvalue weighted by atomic mass is 28.4. The van der Waals surface area contributed by atoms with Crippen molar-refractivity contribution in [2.45, 2.75) is 88.9 Å². The molecule has 7 heteroatoms. The lowest BCUT2D eigenvalue weighted by Crippen LogP contribution is -2.57. The summed E-state index contributed by atoms with van der Waals surface area (Å²) in [5.41, 5.74) is 2.64. The van der Waals surface area contributed by atoms with Gasteiger partial charge in [0.15, 0.2) is 19.5 Å². The molecule has 2 fully saturated rings. The quantitative estimate of drug-likeness (QED) is 0.244. The number of carbonyl (C=O) groups is 3. The predicted octanol–water partition coefficient (Wildman–Crippen LogP) is 4.91. The van der Waals surface area contributed by atoms with E-state index in [9.17, 15) is 14.4 Å². The molecule has 0 saturated carbocycles. The van der Waals surface area contributed by atoms with Gasteiger partial charge in [0.25, 0.3) is 0 Å². The fourth-order valence-electron chi connectivity index (χ4n) is 7.28. The number of hydrogen-bond acceptors (Lipinski definition) is 5. The number of amides is 1. The number of piperidine rings is 1. The second kappa shape index (κ2) is 7.87. The Bertz CT molecular complexity index is 1200. The van der Waals surface area contributed by atoms with E-state index in [1.54, 1.807) is 0 Å². The molecule has 2 saturated heterocycles. The largest absolute Gasteiger partial charge is 0.468 e. The SMILES string of the molecule is C=C1CN2C(=O)[C@](CCO[Si](C)(C)C(C)(C)C)(C(=O)OC)[C@@]3(C)c4c(ccc5c4CCC5=O)[C@@H]1C[C@@H]23. The lowest BCUT2D eigenvalue weighted by Gasteiger charge is -2.52. The predicted molar refractivity (Wildman–Crippen MR) is 141 cm³/mol. The third-order valence-electron chi connectivity index (χ3n) is 10.3. The van der Waals surface area contributed by atoms with Gasteiger partial charge in [-0.3, -0.25) is 14.4 Å². The van der Waals surface area contributed by atoms with Crippen LogP contribution in [-0.4, -0.2) is 57.2 Å². The average Bonchev–Trinajstić information content (AvgIpc) is 3.27. The molecular weight excluding hydrogens is 470 g/mol. The second-order valence-electron chi connectivity index (χ2n) is 12.8. The van der Waals surface area contributed by atoms with Crippen LogP contribution in [-0.2, 0) is 30.6 Å². The maximum Gasteiger partial charge on any atom is 0.322 e. The zero-order valence-corrected chi connectivity index (χ0v) is 23.7. The van der Waals surface area contributed by atoms with Crippen molar-refractivity contribution in [3.8, 4) is 0 Å². The Balaban J connectivity index is 1.71. The van der Waals surface area contributed by atoms with E-state index in [2.05, 4.69) is 53.4 Å². The van der Waals surface area contributed by atoms with Crippen molar-refractivity contribution in [3.05, 3.63) is 46.5 Å². The van der Waals surface area contributed by atoms with E-state index in [0.29, 0.717) is 26.0 Å². The highest BCUT2D eigenvalue weighted by Gasteiger charge is 2.74. The maximum atomic E-state index is 14.4. The van der Waals surface area contributed by atoms with Crippen LogP contribution in [0.4, 0.5) is 0 Å². The summed E-state index contributed by atoms with van der Waals surface area (Å²) in [6, 6.07) is 3.85. The first-order valence-electron chi connectivity index (χ1n) is 13.1. The van der Waals surface area contributed by atoms with Gasteiger partial charge in [0.1, 0.15) is 0 Å². The summed E-state index contributed by atoms with van der Waals surface area (Å²) < 4.78 is 12.0. The molecule has 6 nitrogen and oxygen atoms in total. The first-order chi connectivity index (χ1) is 16.7. The summed E-state index contributed by atoms with van der Waals surface area (Å²) in [5.74, 6) is -0.424. The van der Waals surface area contributed by atoms with Gasteiger partial charge in [0.05, 0.1) is 7.11 Å². The molecule has 1 amide bonds. The summed E-state index contributed by atoms with van der Waals surface area (Å²) >= 11 is 0. The Morgan fingerprint density at radius 2 is 1.92 bits per heavy atom. The first kappa shape index (κ1) is 25.4. The summed E-state index contributed by atoms with van der Waals surface area (Å²) in [6.07, 6.45) is 2.10. The summed E-state index contributed by atoms with van der Waals surface area (Å²) in [4.78, 5) is 42.9. The minimum atomic E-state index is -2.11. The molecule has 5 rings (SSSR count). The van der Waals surface area contributed by atoms with Gasteiger partial charge >= 0.3 is 5.97 Å². The Hall–Kier alpha value is -2.25. The molecule has 4 atom stereocenters. The molecule has 1 aromatic carbocycles. The number of nitrogens with zero attached hydrogens (tertiary/aromatic N) is 1. The van der Waals surface area contributed by atoms with Gasteiger partial charge in [-0.05, 0) is 54.1 Å². The van der Waals surface area contributed by atoms with E-state index in [-0.39, 0.29) is 35.1 Å². The molecule has 0 unspecified atom stereocenters. The van der Waals surface area contributed by atoms with Crippen LogP contribution in [0.1, 0.15) is 79.9 Å². The van der Waals surface area contributed by atoms with Crippen LogP contribution in [0, 0.1) is 5.41 Å². The van der Waals surface area contributed by atoms with E-state index in [4.69, 9.17) is 9.16 Å². The molecule has 0 spiro atoms. The van der Waals surface area contributed by atoms with Crippen molar-refractivity contribution in [3.63, 3.8) is 0 Å². The normalized spacial score (nSPS) is 31.0. The van der Waals surface area contributed by atoms with E-state index in [0.717, 1.165) is 34.2 Å².